The van der Waals surface area contributed by atoms with E-state index in [1.54, 1.807) is 0 Å². The van der Waals surface area contributed by atoms with Crippen molar-refractivity contribution >= 4 is 5.69 Å². The van der Waals surface area contributed by atoms with E-state index in [0.29, 0.717) is 0 Å². The van der Waals surface area contributed by atoms with Crippen molar-refractivity contribution in [2.24, 2.45) is 0 Å². The zero-order valence-corrected chi connectivity index (χ0v) is 11.6. The van der Waals surface area contributed by atoms with Gasteiger partial charge in [0.2, 0.25) is 0 Å². The Labute approximate surface area is 112 Å². The van der Waals surface area contributed by atoms with Crippen molar-refractivity contribution in [2.75, 3.05) is 5.32 Å². The van der Waals surface area contributed by atoms with E-state index in [4.69, 9.17) is 0 Å². The van der Waals surface area contributed by atoms with Crippen LogP contribution in [0.3, 0.4) is 0 Å². The normalized spacial score (nSPS) is 8.71. The summed E-state index contributed by atoms with van der Waals surface area (Å²) in [5, 5.41) is 3.18. The van der Waals surface area contributed by atoms with Crippen molar-refractivity contribution < 1.29 is 32.7 Å². The molecule has 1 radical (unpaired) electrons. The van der Waals surface area contributed by atoms with E-state index < -0.39 is 0 Å². The predicted octanol–water partition coefficient (Wildman–Crippen LogP) is 3.38. The predicted molar refractivity (Wildman–Crippen MR) is 58.4 cm³/mol. The third-order valence-electron chi connectivity index (χ3n) is 1.73. The topological polar surface area (TPSA) is 12.0 Å². The minimum Gasteiger partial charge on any atom is -0.374 e. The zero-order chi connectivity index (χ0) is 9.84. The van der Waals surface area contributed by atoms with Crippen LogP contribution in [0.2, 0.25) is 0 Å². The van der Waals surface area contributed by atoms with Crippen LogP contribution < -0.4 is 5.32 Å². The molecule has 1 rings (SSSR count). The SMILES string of the molecule is [CH2-]c1ccc(NC=C(C)C)cc1[CH2-].[Y]. The smallest absolute Gasteiger partial charge is 0 e. The van der Waals surface area contributed by atoms with Gasteiger partial charge in [0.25, 0.3) is 0 Å². The van der Waals surface area contributed by atoms with E-state index in [1.807, 2.05) is 38.2 Å². The van der Waals surface area contributed by atoms with Gasteiger partial charge in [-0.2, -0.15) is 6.07 Å². The van der Waals surface area contributed by atoms with E-state index in [0.717, 1.165) is 16.8 Å². The van der Waals surface area contributed by atoms with E-state index in [1.165, 1.54) is 5.57 Å². The molecule has 1 aromatic rings. The first-order chi connectivity index (χ1) is 6.09. The van der Waals surface area contributed by atoms with Gasteiger partial charge in [0, 0.05) is 32.7 Å². The van der Waals surface area contributed by atoms with Gasteiger partial charge in [-0.1, -0.05) is 5.57 Å². The number of allylic oxidation sites excluding steroid dienone is 1. The average molecular weight is 262 g/mol. The number of anilines is 1. The summed E-state index contributed by atoms with van der Waals surface area (Å²) in [4.78, 5) is 0. The largest absolute Gasteiger partial charge is 0.374 e. The molecular formula is C12H15NY-2. The van der Waals surface area contributed by atoms with Gasteiger partial charge >= 0.3 is 0 Å². The molecule has 0 saturated heterocycles. The van der Waals surface area contributed by atoms with Crippen LogP contribution in [-0.2, 0) is 32.7 Å². The van der Waals surface area contributed by atoms with E-state index in [-0.39, 0.29) is 32.7 Å². The first-order valence-corrected chi connectivity index (χ1v) is 4.27. The van der Waals surface area contributed by atoms with Gasteiger partial charge in [-0.3, -0.25) is 25.0 Å². The van der Waals surface area contributed by atoms with Crippen LogP contribution in [0.5, 0.6) is 0 Å². The van der Waals surface area contributed by atoms with E-state index in [2.05, 4.69) is 19.2 Å². The third-order valence-corrected chi connectivity index (χ3v) is 1.73. The first-order valence-electron chi connectivity index (χ1n) is 4.27. The summed E-state index contributed by atoms with van der Waals surface area (Å²) in [6.07, 6.45) is 1.97. The maximum atomic E-state index is 3.88. The summed E-state index contributed by atoms with van der Waals surface area (Å²) < 4.78 is 0. The van der Waals surface area contributed by atoms with Crippen LogP contribution in [0.1, 0.15) is 25.0 Å². The number of hydrogen-bond donors (Lipinski definition) is 1. The van der Waals surface area contributed by atoms with Gasteiger partial charge in [-0.25, -0.2) is 6.07 Å². The molecule has 0 bridgehead atoms. The molecule has 0 heterocycles. The third kappa shape index (κ3) is 4.21. The quantitative estimate of drug-likeness (QED) is 0.805. The molecule has 0 aliphatic carbocycles. The molecule has 0 aliphatic heterocycles. The van der Waals surface area contributed by atoms with Crippen LogP contribution in [0, 0.1) is 13.8 Å². The second-order valence-electron chi connectivity index (χ2n) is 3.35. The van der Waals surface area contributed by atoms with Gasteiger partial charge in [0.15, 0.2) is 0 Å². The minimum atomic E-state index is 0. The number of hydrogen-bond acceptors (Lipinski definition) is 1. The molecule has 14 heavy (non-hydrogen) atoms. The summed E-state index contributed by atoms with van der Waals surface area (Å²) in [6, 6.07) is 5.95. The molecule has 0 fully saturated rings. The summed E-state index contributed by atoms with van der Waals surface area (Å²) in [6.45, 7) is 11.8. The van der Waals surface area contributed by atoms with Crippen molar-refractivity contribution in [2.45, 2.75) is 13.8 Å². The number of rotatable bonds is 2. The minimum absolute atomic E-state index is 0. The Morgan fingerprint density at radius 1 is 1.21 bits per heavy atom. The second-order valence-corrected chi connectivity index (χ2v) is 3.35. The number of nitrogens with one attached hydrogen (secondary N) is 1. The van der Waals surface area contributed by atoms with E-state index >= 15 is 0 Å². The van der Waals surface area contributed by atoms with E-state index in [9.17, 15) is 0 Å². The van der Waals surface area contributed by atoms with Crippen molar-refractivity contribution in [1.29, 1.82) is 0 Å². The standard InChI is InChI=1S/C12H15N.Y/c1-9(2)8-13-12-6-5-10(3)11(4)7-12;/h5-8,13H,3-4H2,1-2H3;/q-2;. The van der Waals surface area contributed by atoms with Crippen molar-refractivity contribution in [3.8, 4) is 0 Å². The van der Waals surface area contributed by atoms with Gasteiger partial charge in [0.05, 0.1) is 0 Å². The Bertz CT molecular complexity index is 325. The van der Waals surface area contributed by atoms with Crippen molar-refractivity contribution in [3.63, 3.8) is 0 Å². The molecule has 0 saturated carbocycles. The maximum absolute atomic E-state index is 3.88. The molecule has 0 atom stereocenters. The summed E-state index contributed by atoms with van der Waals surface area (Å²) >= 11 is 0. The molecule has 1 nitrogen and oxygen atoms in total. The van der Waals surface area contributed by atoms with Crippen LogP contribution in [0.25, 0.3) is 0 Å². The van der Waals surface area contributed by atoms with Crippen LogP contribution in [0.15, 0.2) is 30.0 Å². The molecule has 0 unspecified atom stereocenters. The first kappa shape index (κ1) is 13.6. The fraction of sp³-hybridized carbons (Fsp3) is 0.167. The van der Waals surface area contributed by atoms with Gasteiger partial charge < -0.3 is 5.32 Å². The van der Waals surface area contributed by atoms with Crippen molar-refractivity contribution in [1.82, 2.24) is 0 Å². The molecule has 0 spiro atoms. The molecule has 0 aromatic heterocycles. The van der Waals surface area contributed by atoms with Gasteiger partial charge in [-0.15, -0.1) is 6.07 Å². The summed E-state index contributed by atoms with van der Waals surface area (Å²) in [5.41, 5.74) is 4.23. The molecular weight excluding hydrogens is 247 g/mol. The molecule has 0 amide bonds. The molecule has 1 aromatic carbocycles. The Morgan fingerprint density at radius 3 is 2.36 bits per heavy atom. The molecule has 73 valence electrons. The fourth-order valence-electron chi connectivity index (χ4n) is 0.943. The van der Waals surface area contributed by atoms with Crippen LogP contribution >= 0.6 is 0 Å². The Hall–Kier alpha value is -0.396. The Morgan fingerprint density at radius 2 is 1.86 bits per heavy atom. The average Bonchev–Trinajstić information content (AvgIpc) is 2.07. The summed E-state index contributed by atoms with van der Waals surface area (Å²) in [7, 11) is 0. The molecule has 2 heteroatoms. The number of benzene rings is 1. The maximum Gasteiger partial charge on any atom is 0 e. The Kier molecular flexibility index (Phi) is 5.98. The zero-order valence-electron chi connectivity index (χ0n) is 8.80. The molecule has 0 aliphatic rings. The Balaban J connectivity index is 0.00000169. The second kappa shape index (κ2) is 6.16. The molecule has 1 N–H and O–H groups in total. The monoisotopic (exact) mass is 262 g/mol. The van der Waals surface area contributed by atoms with Gasteiger partial charge in [-0.05, 0) is 25.7 Å². The van der Waals surface area contributed by atoms with Crippen LogP contribution in [-0.4, -0.2) is 0 Å². The van der Waals surface area contributed by atoms with Gasteiger partial charge in [0.1, 0.15) is 0 Å². The van der Waals surface area contributed by atoms with Crippen LogP contribution in [0.4, 0.5) is 5.69 Å². The van der Waals surface area contributed by atoms with Crippen molar-refractivity contribution in [3.05, 3.63) is 54.9 Å². The fourth-order valence-corrected chi connectivity index (χ4v) is 0.943. The summed E-state index contributed by atoms with van der Waals surface area (Å²) in [5.74, 6) is 0.